The number of amides is 2. The zero-order valence-corrected chi connectivity index (χ0v) is 37.6. The number of benzene rings is 3. The summed E-state index contributed by atoms with van der Waals surface area (Å²) >= 11 is 6.69. The predicted octanol–water partition coefficient (Wildman–Crippen LogP) is -0.00532. The van der Waals surface area contributed by atoms with E-state index in [-0.39, 0.29) is 117 Å². The van der Waals surface area contributed by atoms with Crippen molar-refractivity contribution in [2.75, 3.05) is 34.4 Å². The number of azo groups is 1. The minimum Gasteiger partial charge on any atom is -0.748 e. The Labute approximate surface area is 368 Å². The van der Waals surface area contributed by atoms with Gasteiger partial charge in [-0.25, -0.2) is 21.5 Å². The van der Waals surface area contributed by atoms with E-state index in [1.165, 1.54) is 48.0 Å². The molecule has 3 aromatic carbocycles. The van der Waals surface area contributed by atoms with E-state index in [4.69, 9.17) is 11.6 Å². The number of hydrogen-bond donors (Lipinski definition) is 2. The van der Waals surface area contributed by atoms with Crippen LogP contribution in [0.3, 0.4) is 0 Å². The average molecular weight is 829 g/mol. The number of nitriles is 1. The van der Waals surface area contributed by atoms with Crippen molar-refractivity contribution < 1.29 is 94.6 Å². The Morgan fingerprint density at radius 2 is 1.67 bits per heavy atom. The summed E-state index contributed by atoms with van der Waals surface area (Å²) in [5.74, 6) is -1.80. The van der Waals surface area contributed by atoms with Crippen molar-refractivity contribution in [2.24, 2.45) is 10.2 Å². The third-order valence-electron chi connectivity index (χ3n) is 7.63. The van der Waals surface area contributed by atoms with Crippen LogP contribution in [0.2, 0.25) is 5.02 Å². The summed E-state index contributed by atoms with van der Waals surface area (Å²) in [5.41, 5.74) is 0.951. The molecule has 0 spiro atoms. The molecule has 1 aromatic heterocycles. The smallest absolute Gasteiger partial charge is 0.748 e. The summed E-state index contributed by atoms with van der Waals surface area (Å²) in [6.07, 6.45) is 0.100. The van der Waals surface area contributed by atoms with Gasteiger partial charge >= 0.3 is 59.1 Å². The van der Waals surface area contributed by atoms with Gasteiger partial charge in [-0.15, -0.1) is 10.2 Å². The Bertz CT molecular complexity index is 2360. The van der Waals surface area contributed by atoms with Gasteiger partial charge in [0.25, 0.3) is 5.91 Å². The summed E-state index contributed by atoms with van der Waals surface area (Å²) in [7, 11) is -9.32. The van der Waals surface area contributed by atoms with Crippen molar-refractivity contribution in [3.63, 3.8) is 0 Å². The number of carbonyl (C=O) groups is 2. The van der Waals surface area contributed by atoms with Crippen LogP contribution in [0.15, 0.2) is 75.8 Å². The quantitative estimate of drug-likeness (QED) is 0.103. The van der Waals surface area contributed by atoms with Crippen LogP contribution in [0.1, 0.15) is 62.7 Å². The largest absolute Gasteiger partial charge is 1.00 e. The third kappa shape index (κ3) is 12.7. The number of nitrogens with one attached hydrogen (secondary N) is 2. The van der Waals surface area contributed by atoms with Crippen LogP contribution >= 0.6 is 11.6 Å². The van der Waals surface area contributed by atoms with Gasteiger partial charge in [0.05, 0.1) is 42.7 Å². The number of aromatic nitrogens is 2. The summed E-state index contributed by atoms with van der Waals surface area (Å²) in [6.45, 7) is 9.43. The molecule has 0 radical (unpaired) electrons. The van der Waals surface area contributed by atoms with Crippen molar-refractivity contribution in [1.29, 1.82) is 5.26 Å². The number of carbonyl (C=O) groups excluding carboxylic acids is 2. The topological polar surface area (TPSA) is 242 Å². The molecule has 16 nitrogen and oxygen atoms in total. The number of halogens is 1. The minimum atomic E-state index is -4.94. The van der Waals surface area contributed by atoms with E-state index >= 15 is 0 Å². The first-order valence-corrected chi connectivity index (χ1v) is 19.3. The number of rotatable bonds is 13. The van der Waals surface area contributed by atoms with Gasteiger partial charge in [-0.2, -0.15) is 10.4 Å². The zero-order valence-electron chi connectivity index (χ0n) is 31.2. The second kappa shape index (κ2) is 19.8. The number of anilines is 3. The molecular weight excluding hydrogens is 794 g/mol. The summed E-state index contributed by atoms with van der Waals surface area (Å²) in [5, 5.41) is 29.0. The van der Waals surface area contributed by atoms with Gasteiger partial charge in [0, 0.05) is 42.6 Å². The Morgan fingerprint density at radius 3 is 2.24 bits per heavy atom. The standard InChI is InChI=1S/C34H37ClN8O8S2.2Na/c1-6-42(16-9-17-52(46,47)48)23-13-14-27(28(19-23)37-21(2)44)39-40-32-25(20-36)31(34(3,4)5)41-43(32)29-15-12-22(18-26(29)35)38-33(45)24-10-7-8-11-30(24)53(49,50)51;;/h7-8,10-15,18-19H,6,9,16-17H2,1-5H3,(H,37,44)(H,38,45)(H,46,47,48)(H,49,50,51);;/q;2*+1/p-2. The average Bonchev–Trinajstić information content (AvgIpc) is 3.44. The van der Waals surface area contributed by atoms with Crippen LogP contribution in [-0.4, -0.2) is 66.4 Å². The van der Waals surface area contributed by atoms with E-state index in [1.54, 1.807) is 18.2 Å². The van der Waals surface area contributed by atoms with E-state index in [2.05, 4.69) is 32.0 Å². The first kappa shape index (κ1) is 48.0. The Kier molecular flexibility index (Phi) is 17.3. The molecular formula is C34H35ClN8Na2O8S2. The zero-order chi connectivity index (χ0) is 39.3. The second-order valence-corrected chi connectivity index (χ2v) is 15.9. The molecule has 0 aliphatic rings. The fourth-order valence-electron chi connectivity index (χ4n) is 5.23. The SMILES string of the molecule is CCN(CCCS(=O)(=O)[O-])c1ccc(N=Nc2c(C#N)c(C(C)(C)C)nn2-c2ccc(NC(=O)c3ccccc3S(=O)(=O)[O-])cc2Cl)c(NC(C)=O)c1.[Na+].[Na+]. The van der Waals surface area contributed by atoms with Gasteiger partial charge in [-0.3, -0.25) is 9.59 Å². The van der Waals surface area contributed by atoms with Crippen molar-refractivity contribution in [2.45, 2.75) is 51.3 Å². The molecule has 21 heteroatoms. The maximum absolute atomic E-state index is 13.0. The maximum Gasteiger partial charge on any atom is 1.00 e. The van der Waals surface area contributed by atoms with Crippen molar-refractivity contribution in [3.8, 4) is 11.8 Å². The normalized spacial score (nSPS) is 11.6. The van der Waals surface area contributed by atoms with E-state index in [0.29, 0.717) is 17.9 Å². The van der Waals surface area contributed by atoms with Crippen LogP contribution in [0.25, 0.3) is 5.69 Å². The van der Waals surface area contributed by atoms with Crippen LogP contribution in [-0.2, 0) is 30.4 Å². The monoisotopic (exact) mass is 828 g/mol. The molecule has 0 saturated carbocycles. The fourth-order valence-corrected chi connectivity index (χ4v) is 6.64. The van der Waals surface area contributed by atoms with Gasteiger partial charge in [0.1, 0.15) is 27.4 Å². The molecule has 0 aliphatic carbocycles. The summed E-state index contributed by atoms with van der Waals surface area (Å²) in [6, 6.07) is 16.3. The van der Waals surface area contributed by atoms with Crippen LogP contribution in [0.4, 0.5) is 28.6 Å². The molecule has 0 aliphatic heterocycles. The van der Waals surface area contributed by atoms with Gasteiger partial charge in [-0.05, 0) is 61.9 Å². The molecule has 0 unspecified atom stereocenters. The summed E-state index contributed by atoms with van der Waals surface area (Å²) < 4.78 is 69.7. The molecule has 280 valence electrons. The van der Waals surface area contributed by atoms with Crippen molar-refractivity contribution in [3.05, 3.63) is 82.5 Å². The molecule has 1 heterocycles. The fraction of sp³-hybridized carbons (Fsp3) is 0.294. The number of hydrogen-bond acceptors (Lipinski definition) is 13. The molecule has 2 amide bonds. The molecule has 4 aromatic rings. The molecule has 0 bridgehead atoms. The first-order valence-electron chi connectivity index (χ1n) is 15.9. The van der Waals surface area contributed by atoms with E-state index in [9.17, 15) is 40.8 Å². The van der Waals surface area contributed by atoms with Gasteiger partial charge in [0.15, 0.2) is 5.82 Å². The third-order valence-corrected chi connectivity index (χ3v) is 9.62. The van der Waals surface area contributed by atoms with E-state index < -0.39 is 48.1 Å². The second-order valence-electron chi connectivity index (χ2n) is 12.7. The molecule has 0 fully saturated rings. The molecule has 0 atom stereocenters. The molecule has 0 saturated heterocycles. The van der Waals surface area contributed by atoms with Gasteiger partial charge in [-0.1, -0.05) is 44.5 Å². The molecule has 4 rings (SSSR count). The summed E-state index contributed by atoms with van der Waals surface area (Å²) in [4.78, 5) is 26.3. The Morgan fingerprint density at radius 1 is 1.00 bits per heavy atom. The van der Waals surface area contributed by atoms with Crippen LogP contribution in [0.5, 0.6) is 0 Å². The number of nitrogens with zero attached hydrogens (tertiary/aromatic N) is 6. The van der Waals surface area contributed by atoms with Crippen molar-refractivity contribution in [1.82, 2.24) is 9.78 Å². The molecule has 2 N–H and O–H groups in total. The predicted molar refractivity (Wildman–Crippen MR) is 196 cm³/mol. The van der Waals surface area contributed by atoms with Crippen LogP contribution < -0.4 is 74.6 Å². The van der Waals surface area contributed by atoms with Gasteiger partial charge in [0.2, 0.25) is 5.91 Å². The minimum absolute atomic E-state index is 0. The van der Waals surface area contributed by atoms with E-state index in [0.717, 1.165) is 6.07 Å². The first-order chi connectivity index (χ1) is 24.7. The van der Waals surface area contributed by atoms with E-state index in [1.807, 2.05) is 32.6 Å². The van der Waals surface area contributed by atoms with Crippen molar-refractivity contribution >= 4 is 72.2 Å². The van der Waals surface area contributed by atoms with Gasteiger partial charge < -0.3 is 24.6 Å². The maximum atomic E-state index is 13.0. The van der Waals surface area contributed by atoms with Crippen LogP contribution in [0, 0.1) is 11.3 Å². The molecule has 55 heavy (non-hydrogen) atoms. The Balaban J connectivity index is 0.00000523. The Hall–Kier alpha value is -3.19.